The number of nitrogens with zero attached hydrogens (tertiary/aromatic N) is 2. The first-order valence-electron chi connectivity index (χ1n) is 10.4. The highest BCUT2D eigenvalue weighted by atomic mass is 19.4. The van der Waals surface area contributed by atoms with Gasteiger partial charge in [0.2, 0.25) is 5.91 Å². The van der Waals surface area contributed by atoms with Crippen LogP contribution in [-0.2, 0) is 15.7 Å². The highest BCUT2D eigenvalue weighted by Gasteiger charge is 2.33. The number of nitrogens with one attached hydrogen (secondary N) is 1. The molecular weight excluding hydrogens is 399 g/mol. The lowest BCUT2D eigenvalue weighted by Crippen LogP contribution is -2.46. The number of halogens is 3. The molecular formula is C21H28F3N3O3. The van der Waals surface area contributed by atoms with Gasteiger partial charge in [0.1, 0.15) is 0 Å². The van der Waals surface area contributed by atoms with E-state index in [2.05, 4.69) is 10.2 Å². The number of hydrogen-bond acceptors (Lipinski definition) is 4. The van der Waals surface area contributed by atoms with Crippen molar-refractivity contribution in [1.29, 1.82) is 0 Å². The van der Waals surface area contributed by atoms with Gasteiger partial charge in [0, 0.05) is 38.3 Å². The monoisotopic (exact) mass is 427 g/mol. The Morgan fingerprint density at radius 3 is 2.67 bits per heavy atom. The zero-order chi connectivity index (χ0) is 21.6. The Morgan fingerprint density at radius 2 is 1.93 bits per heavy atom. The number of rotatable bonds is 6. The molecule has 3 rings (SSSR count). The summed E-state index contributed by atoms with van der Waals surface area (Å²) in [5, 5.41) is 2.94. The van der Waals surface area contributed by atoms with Crippen LogP contribution in [0.25, 0.3) is 0 Å². The number of hydrogen-bond donors (Lipinski definition) is 1. The lowest BCUT2D eigenvalue weighted by atomic mass is 9.96. The van der Waals surface area contributed by atoms with Gasteiger partial charge in [0.25, 0.3) is 5.91 Å². The third-order valence-electron chi connectivity index (χ3n) is 5.57. The van der Waals surface area contributed by atoms with Crippen molar-refractivity contribution < 1.29 is 27.5 Å². The van der Waals surface area contributed by atoms with Gasteiger partial charge >= 0.3 is 6.18 Å². The van der Waals surface area contributed by atoms with Crippen LogP contribution >= 0.6 is 0 Å². The summed E-state index contributed by atoms with van der Waals surface area (Å²) in [4.78, 5) is 29.0. The summed E-state index contributed by atoms with van der Waals surface area (Å²) >= 11 is 0. The first-order chi connectivity index (χ1) is 14.3. The molecule has 166 valence electrons. The quantitative estimate of drug-likeness (QED) is 0.709. The molecule has 0 aliphatic carbocycles. The Bertz CT molecular complexity index is 736. The van der Waals surface area contributed by atoms with Gasteiger partial charge in [-0.1, -0.05) is 6.07 Å². The Morgan fingerprint density at radius 1 is 1.17 bits per heavy atom. The van der Waals surface area contributed by atoms with Crippen LogP contribution in [0.1, 0.15) is 35.2 Å². The van der Waals surface area contributed by atoms with Crippen LogP contribution in [0.4, 0.5) is 13.2 Å². The maximum Gasteiger partial charge on any atom is 0.416 e. The molecule has 2 fully saturated rings. The van der Waals surface area contributed by atoms with Crippen molar-refractivity contribution in [2.75, 3.05) is 52.5 Å². The van der Waals surface area contributed by atoms with Crippen molar-refractivity contribution in [3.63, 3.8) is 0 Å². The van der Waals surface area contributed by atoms with Crippen LogP contribution < -0.4 is 5.32 Å². The zero-order valence-corrected chi connectivity index (χ0v) is 16.9. The minimum Gasteiger partial charge on any atom is -0.379 e. The fourth-order valence-corrected chi connectivity index (χ4v) is 3.87. The summed E-state index contributed by atoms with van der Waals surface area (Å²) in [7, 11) is 0. The van der Waals surface area contributed by atoms with Gasteiger partial charge in [0.05, 0.1) is 24.7 Å². The van der Waals surface area contributed by atoms with E-state index < -0.39 is 17.6 Å². The second-order valence-electron chi connectivity index (χ2n) is 7.77. The van der Waals surface area contributed by atoms with Gasteiger partial charge in [-0.25, -0.2) is 0 Å². The summed E-state index contributed by atoms with van der Waals surface area (Å²) in [6, 6.07) is 4.43. The lowest BCUT2D eigenvalue weighted by Gasteiger charge is -2.32. The normalized spacial score (nSPS) is 20.8. The van der Waals surface area contributed by atoms with Crippen molar-refractivity contribution in [2.45, 2.75) is 25.4 Å². The largest absolute Gasteiger partial charge is 0.416 e. The van der Waals surface area contributed by atoms with E-state index in [9.17, 15) is 22.8 Å². The fraction of sp³-hybridized carbons (Fsp3) is 0.619. The smallest absolute Gasteiger partial charge is 0.379 e. The van der Waals surface area contributed by atoms with E-state index >= 15 is 0 Å². The molecule has 2 aliphatic heterocycles. The van der Waals surface area contributed by atoms with E-state index in [-0.39, 0.29) is 23.9 Å². The highest BCUT2D eigenvalue weighted by Crippen LogP contribution is 2.30. The van der Waals surface area contributed by atoms with E-state index in [1.54, 1.807) is 0 Å². The number of likely N-dealkylation sites (tertiary alicyclic amines) is 1. The van der Waals surface area contributed by atoms with Crippen molar-refractivity contribution >= 4 is 11.8 Å². The Labute approximate surface area is 174 Å². The minimum absolute atomic E-state index is 0.00334. The molecule has 1 aromatic carbocycles. The minimum atomic E-state index is -4.50. The van der Waals surface area contributed by atoms with Crippen LogP contribution in [0.3, 0.4) is 0 Å². The van der Waals surface area contributed by atoms with Crippen LogP contribution in [0.5, 0.6) is 0 Å². The lowest BCUT2D eigenvalue weighted by molar-refractivity contribution is -0.137. The van der Waals surface area contributed by atoms with E-state index in [4.69, 9.17) is 4.74 Å². The molecule has 2 heterocycles. The molecule has 1 N–H and O–H groups in total. The fourth-order valence-electron chi connectivity index (χ4n) is 3.87. The molecule has 1 atom stereocenters. The molecule has 0 bridgehead atoms. The van der Waals surface area contributed by atoms with Crippen LogP contribution in [-0.4, -0.2) is 74.1 Å². The number of morpholine rings is 1. The topological polar surface area (TPSA) is 61.9 Å². The average molecular weight is 427 g/mol. The maximum atomic E-state index is 12.9. The molecule has 2 amide bonds. The van der Waals surface area contributed by atoms with Gasteiger partial charge in [0.15, 0.2) is 0 Å². The summed E-state index contributed by atoms with van der Waals surface area (Å²) in [5.74, 6) is -0.902. The molecule has 0 spiro atoms. The summed E-state index contributed by atoms with van der Waals surface area (Å²) in [5.41, 5.74) is -0.851. The molecule has 30 heavy (non-hydrogen) atoms. The third kappa shape index (κ3) is 6.18. The SMILES string of the molecule is O=C(NCCCN1CCOCC1)[C@@H]1CCCN(C(=O)c2cccc(C(F)(F)F)c2)C1. The molecule has 0 saturated carbocycles. The maximum absolute atomic E-state index is 12.9. The van der Waals surface area contributed by atoms with Crippen LogP contribution in [0, 0.1) is 5.92 Å². The van der Waals surface area contributed by atoms with Gasteiger partial charge in [-0.15, -0.1) is 0 Å². The Kier molecular flexibility index (Phi) is 7.71. The predicted molar refractivity (Wildman–Crippen MR) is 105 cm³/mol. The van der Waals surface area contributed by atoms with E-state index in [1.807, 2.05) is 0 Å². The summed E-state index contributed by atoms with van der Waals surface area (Å²) in [6.45, 7) is 5.42. The molecule has 0 radical (unpaired) electrons. The third-order valence-corrected chi connectivity index (χ3v) is 5.57. The number of alkyl halides is 3. The van der Waals surface area contributed by atoms with Gasteiger partial charge in [-0.2, -0.15) is 13.2 Å². The molecule has 2 aliphatic rings. The number of ether oxygens (including phenoxy) is 1. The molecule has 9 heteroatoms. The highest BCUT2D eigenvalue weighted by molar-refractivity contribution is 5.95. The van der Waals surface area contributed by atoms with Gasteiger partial charge < -0.3 is 15.0 Å². The van der Waals surface area contributed by atoms with E-state index in [1.165, 1.54) is 17.0 Å². The molecule has 1 aromatic rings. The molecule has 6 nitrogen and oxygen atoms in total. The first kappa shape index (κ1) is 22.6. The number of carbonyl (C=O) groups excluding carboxylic acids is 2. The number of carbonyl (C=O) groups is 2. The van der Waals surface area contributed by atoms with E-state index in [0.717, 1.165) is 51.4 Å². The number of piperidine rings is 1. The van der Waals surface area contributed by atoms with Crippen molar-refractivity contribution in [3.8, 4) is 0 Å². The standard InChI is InChI=1S/C21H28F3N3O3/c22-21(23,24)18-6-1-4-16(14-18)20(29)27-9-2-5-17(15-27)19(28)25-7-3-8-26-10-12-30-13-11-26/h1,4,6,14,17H,2-3,5,7-13,15H2,(H,25,28)/t17-/m1/s1. The van der Waals surface area contributed by atoms with Crippen LogP contribution in [0.2, 0.25) is 0 Å². The zero-order valence-electron chi connectivity index (χ0n) is 16.9. The summed E-state index contributed by atoms with van der Waals surface area (Å²) in [6.07, 6.45) is -2.34. The van der Waals surface area contributed by atoms with Crippen molar-refractivity contribution in [3.05, 3.63) is 35.4 Å². The Balaban J connectivity index is 1.48. The van der Waals surface area contributed by atoms with Crippen molar-refractivity contribution in [2.24, 2.45) is 5.92 Å². The number of amides is 2. The van der Waals surface area contributed by atoms with Gasteiger partial charge in [-0.3, -0.25) is 14.5 Å². The predicted octanol–water partition coefficient (Wildman–Crippen LogP) is 2.40. The van der Waals surface area contributed by atoms with Crippen LogP contribution in [0.15, 0.2) is 24.3 Å². The second kappa shape index (κ2) is 10.3. The molecule has 2 saturated heterocycles. The average Bonchev–Trinajstić information content (AvgIpc) is 2.76. The summed E-state index contributed by atoms with van der Waals surface area (Å²) < 4.78 is 44.1. The Hall–Kier alpha value is -2.13. The number of benzene rings is 1. The van der Waals surface area contributed by atoms with Crippen molar-refractivity contribution in [1.82, 2.24) is 15.1 Å². The molecule has 0 unspecified atom stereocenters. The van der Waals surface area contributed by atoms with Gasteiger partial charge in [-0.05, 0) is 44.0 Å². The first-order valence-corrected chi connectivity index (χ1v) is 10.4. The van der Waals surface area contributed by atoms with E-state index in [0.29, 0.717) is 25.9 Å². The molecule has 0 aromatic heterocycles. The second-order valence-corrected chi connectivity index (χ2v) is 7.77.